The lowest BCUT2D eigenvalue weighted by atomic mass is 10.8. The number of rotatable bonds is 0. The number of hydrogen-bond acceptors (Lipinski definition) is 4. The third-order valence-corrected chi connectivity index (χ3v) is 0.287. The third kappa shape index (κ3) is 2510. The van der Waals surface area contributed by atoms with Gasteiger partial charge in [0.2, 0.25) is 0 Å². The predicted octanol–water partition coefficient (Wildman–Crippen LogP) is -1.09. The second-order valence-corrected chi connectivity index (χ2v) is 1.73. The zero-order valence-electron chi connectivity index (χ0n) is 8.03. The molecule has 0 fully saturated rings. The lowest BCUT2D eigenvalue weighted by Gasteiger charge is -1.80. The predicted molar refractivity (Wildman–Crippen MR) is 55.6 cm³/mol. The molecule has 6 nitrogen and oxygen atoms in total. The van der Waals surface area contributed by atoms with E-state index in [2.05, 4.69) is 4.74 Å². The maximum absolute atomic E-state index is 9.59. The summed E-state index contributed by atoms with van der Waals surface area (Å²) in [5.41, 5.74) is 0. The van der Waals surface area contributed by atoms with Crippen molar-refractivity contribution in [2.75, 3.05) is 7.11 Å². The molecule has 0 bridgehead atoms. The smallest absolute Gasteiger partial charge is 0.302 e. The number of hydrogen-bond donors (Lipinski definition) is 2. The van der Waals surface area contributed by atoms with Crippen molar-refractivity contribution in [3.05, 3.63) is 0 Å². The molecule has 0 aromatic heterocycles. The summed E-state index contributed by atoms with van der Waals surface area (Å²) in [6.07, 6.45) is 0. The van der Waals surface area contributed by atoms with Gasteiger partial charge in [-0.3, -0.25) is 14.4 Å². The fourth-order valence-corrected chi connectivity index (χ4v) is 0. The van der Waals surface area contributed by atoms with E-state index in [-0.39, 0.29) is 16.9 Å². The Labute approximate surface area is 86.9 Å². The first-order valence-electron chi connectivity index (χ1n) is 3.17. The molecule has 0 amide bonds. The van der Waals surface area contributed by atoms with Gasteiger partial charge in [-0.2, -0.15) is 0 Å². The van der Waals surface area contributed by atoms with Crippen LogP contribution in [-0.4, -0.2) is 46.2 Å². The molecule has 0 saturated heterocycles. The molecule has 0 spiro atoms. The topological polar surface area (TPSA) is 101 Å². The Bertz CT molecular complexity index is 148. The van der Waals surface area contributed by atoms with Crippen molar-refractivity contribution in [2.24, 2.45) is 0 Å². The normalized spacial score (nSPS) is 6.00. The van der Waals surface area contributed by atoms with Crippen LogP contribution < -0.4 is 0 Å². The molecule has 7 heteroatoms. The van der Waals surface area contributed by atoms with Crippen molar-refractivity contribution in [3.8, 4) is 0 Å². The van der Waals surface area contributed by atoms with Gasteiger partial charge in [0.15, 0.2) is 0 Å². The number of carbonyl (C=O) groups excluding carboxylic acids is 1. The second kappa shape index (κ2) is 17.6. The van der Waals surface area contributed by atoms with E-state index in [1.165, 1.54) is 14.0 Å². The average Bonchev–Trinajstić information content (AvgIpc) is 1.84. The van der Waals surface area contributed by atoms with Crippen LogP contribution in [0, 0.1) is 0 Å². The molecule has 0 aromatic rings. The van der Waals surface area contributed by atoms with Gasteiger partial charge in [0.1, 0.15) is 0 Å². The van der Waals surface area contributed by atoms with Gasteiger partial charge in [-0.1, -0.05) is 0 Å². The molecule has 14 heavy (non-hydrogen) atoms. The van der Waals surface area contributed by atoms with Crippen LogP contribution in [0.2, 0.25) is 0 Å². The van der Waals surface area contributed by atoms with Gasteiger partial charge in [0.25, 0.3) is 11.9 Å². The van der Waals surface area contributed by atoms with Gasteiger partial charge < -0.3 is 14.9 Å². The molecule has 2 N–H and O–H groups in total. The Morgan fingerprint density at radius 2 is 1.00 bits per heavy atom. The fraction of sp³-hybridized carbons (Fsp3) is 0.571. The number of ether oxygens (including phenoxy) is 1. The number of carboxylic acids is 2. The van der Waals surface area contributed by atoms with Crippen LogP contribution in [0.5, 0.6) is 0 Å². The maximum Gasteiger partial charge on any atom is 0.302 e. The van der Waals surface area contributed by atoms with Crippen LogP contribution in [0.1, 0.15) is 20.8 Å². The first-order chi connectivity index (χ1) is 5.73. The fourth-order valence-electron chi connectivity index (χ4n) is 0. The van der Waals surface area contributed by atoms with Crippen LogP contribution >= 0.6 is 0 Å². The van der Waals surface area contributed by atoms with E-state index in [0.29, 0.717) is 0 Å². The summed E-state index contributed by atoms with van der Waals surface area (Å²) in [5.74, 6) is -1.91. The summed E-state index contributed by atoms with van der Waals surface area (Å²) in [5, 5.41) is 14.8. The highest BCUT2D eigenvalue weighted by Gasteiger charge is 1.75. The maximum atomic E-state index is 9.59. The largest absolute Gasteiger partial charge is 0.481 e. The van der Waals surface area contributed by atoms with Crippen LogP contribution in [0.25, 0.3) is 0 Å². The Hall–Kier alpha value is -1.37. The molecular formula is C7H18O6Si. The molecule has 86 valence electrons. The summed E-state index contributed by atoms with van der Waals surface area (Å²) in [4.78, 5) is 27.6. The Balaban J connectivity index is -0.0000000522. The number of methoxy groups -OCH3 is 1. The third-order valence-electron chi connectivity index (χ3n) is 0.287. The molecule has 0 aliphatic heterocycles. The first-order valence-corrected chi connectivity index (χ1v) is 3.17. The Morgan fingerprint density at radius 3 is 1.00 bits per heavy atom. The molecule has 0 heterocycles. The molecule has 0 aromatic carbocycles. The van der Waals surface area contributed by atoms with E-state index in [1.54, 1.807) is 0 Å². The zero-order chi connectivity index (χ0) is 11.4. The van der Waals surface area contributed by atoms with E-state index in [0.717, 1.165) is 13.8 Å². The number of carboxylic acid groups (broad SMARTS) is 2. The molecule has 0 saturated carbocycles. The molecule has 0 atom stereocenters. The van der Waals surface area contributed by atoms with Crippen LogP contribution in [0.4, 0.5) is 0 Å². The van der Waals surface area contributed by atoms with E-state index in [1.807, 2.05) is 0 Å². The van der Waals surface area contributed by atoms with Crippen molar-refractivity contribution < 1.29 is 29.3 Å². The quantitative estimate of drug-likeness (QED) is 0.402. The molecule has 0 rings (SSSR count). The van der Waals surface area contributed by atoms with E-state index >= 15 is 0 Å². The Morgan fingerprint density at radius 1 is 0.929 bits per heavy atom. The van der Waals surface area contributed by atoms with Gasteiger partial charge in [-0.25, -0.2) is 0 Å². The van der Waals surface area contributed by atoms with Crippen LogP contribution in [0.15, 0.2) is 0 Å². The summed E-state index contributed by atoms with van der Waals surface area (Å²) in [7, 11) is 1.35. The van der Waals surface area contributed by atoms with Gasteiger partial charge in [-0.05, 0) is 11.0 Å². The van der Waals surface area contributed by atoms with Crippen molar-refractivity contribution in [2.45, 2.75) is 20.8 Å². The highest BCUT2D eigenvalue weighted by atomic mass is 28.1. The van der Waals surface area contributed by atoms with Gasteiger partial charge >= 0.3 is 5.97 Å². The highest BCUT2D eigenvalue weighted by Crippen LogP contribution is 1.60. The second-order valence-electron chi connectivity index (χ2n) is 1.73. The van der Waals surface area contributed by atoms with Crippen molar-refractivity contribution in [1.82, 2.24) is 0 Å². The van der Waals surface area contributed by atoms with Crippen LogP contribution in [0.3, 0.4) is 0 Å². The Kier molecular flexibility index (Phi) is 28.9. The summed E-state index contributed by atoms with van der Waals surface area (Å²) >= 11 is 0. The average molecular weight is 226 g/mol. The molecule has 0 unspecified atom stereocenters. The summed E-state index contributed by atoms with van der Waals surface area (Å²) < 4.78 is 4.11. The van der Waals surface area contributed by atoms with Crippen molar-refractivity contribution in [3.63, 3.8) is 0 Å². The highest BCUT2D eigenvalue weighted by molar-refractivity contribution is 5.75. The monoisotopic (exact) mass is 226 g/mol. The van der Waals surface area contributed by atoms with Crippen molar-refractivity contribution in [1.29, 1.82) is 0 Å². The van der Waals surface area contributed by atoms with Gasteiger partial charge in [-0.15, -0.1) is 0 Å². The van der Waals surface area contributed by atoms with E-state index in [9.17, 15) is 4.79 Å². The molecule has 0 radical (unpaired) electrons. The number of carbonyl (C=O) groups is 3. The van der Waals surface area contributed by atoms with Gasteiger partial charge in [0.05, 0.1) is 7.11 Å². The lowest BCUT2D eigenvalue weighted by Crippen LogP contribution is -1.88. The van der Waals surface area contributed by atoms with E-state index < -0.39 is 11.9 Å². The first kappa shape index (κ1) is 22.9. The lowest BCUT2D eigenvalue weighted by molar-refractivity contribution is -0.138. The molecular weight excluding hydrogens is 208 g/mol. The van der Waals surface area contributed by atoms with Crippen LogP contribution in [-0.2, 0) is 19.1 Å². The van der Waals surface area contributed by atoms with E-state index in [4.69, 9.17) is 19.8 Å². The minimum absolute atomic E-state index is 0. The zero-order valence-corrected chi connectivity index (χ0v) is 8.03. The standard InChI is InChI=1S/C3H6O2.2C2H4O2.H4Si/c1-3(4)5-2;2*1-2(3)4;/h1-2H3;2*1H3,(H,3,4);1H4. The molecule has 0 aliphatic rings. The minimum atomic E-state index is -0.833. The molecule has 0 aliphatic carbocycles. The van der Waals surface area contributed by atoms with Crippen molar-refractivity contribution >= 4 is 28.9 Å². The minimum Gasteiger partial charge on any atom is -0.481 e. The summed E-state index contributed by atoms with van der Waals surface area (Å²) in [6.45, 7) is 3.53. The number of esters is 1. The summed E-state index contributed by atoms with van der Waals surface area (Å²) in [6, 6.07) is 0. The van der Waals surface area contributed by atoms with Gasteiger partial charge in [0, 0.05) is 20.8 Å². The SMILES string of the molecule is CC(=O)O.CC(=O)O.COC(C)=O.[SiH4]. The number of aliphatic carboxylic acids is 2.